The quantitative estimate of drug-likeness (QED) is 0.773. The summed E-state index contributed by atoms with van der Waals surface area (Å²) in [6.45, 7) is 6.06. The van der Waals surface area contributed by atoms with E-state index >= 15 is 0 Å². The molecule has 94 valence electrons. The molecule has 0 aliphatic rings. The molecule has 2 aromatic rings. The molecule has 0 N–H and O–H groups in total. The summed E-state index contributed by atoms with van der Waals surface area (Å²) in [6, 6.07) is 7.96. The molecule has 0 atom stereocenters. The second-order valence-electron chi connectivity index (χ2n) is 4.25. The topological polar surface area (TPSA) is 33.5 Å². The molecule has 1 aromatic carbocycles. The number of carbonyl (C=O) groups is 1. The molecule has 0 radical (unpaired) electrons. The van der Waals surface area contributed by atoms with E-state index in [-0.39, 0.29) is 5.91 Å². The van der Waals surface area contributed by atoms with Crippen LogP contribution in [0.2, 0.25) is 0 Å². The van der Waals surface area contributed by atoms with E-state index in [1.54, 1.807) is 11.9 Å². The lowest BCUT2D eigenvalue weighted by atomic mass is 10.1. The maximum Gasteiger partial charge on any atom is 0.246 e. The van der Waals surface area contributed by atoms with Crippen LogP contribution in [0.15, 0.2) is 41.3 Å². The van der Waals surface area contributed by atoms with Crippen LogP contribution < -0.4 is 0 Å². The number of carbonyl (C=O) groups excluding carboxylic acids is 1. The first-order chi connectivity index (χ1) is 8.67. The molecule has 3 nitrogen and oxygen atoms in total. The number of aryl methyl sites for hydroxylation is 1. The smallest absolute Gasteiger partial charge is 0.246 e. The molecule has 18 heavy (non-hydrogen) atoms. The molecule has 0 aliphatic heterocycles. The van der Waals surface area contributed by atoms with Crippen LogP contribution in [-0.2, 0) is 17.8 Å². The third kappa shape index (κ3) is 2.16. The zero-order valence-corrected chi connectivity index (χ0v) is 10.8. The molecule has 0 unspecified atom stereocenters. The molecule has 0 spiro atoms. The predicted molar refractivity (Wildman–Crippen MR) is 72.3 cm³/mol. The van der Waals surface area contributed by atoms with Gasteiger partial charge in [-0.25, -0.2) is 0 Å². The second kappa shape index (κ2) is 5.08. The normalized spacial score (nSPS) is 10.6. The highest BCUT2D eigenvalue weighted by molar-refractivity contribution is 5.87. The molecule has 0 aliphatic carbocycles. The van der Waals surface area contributed by atoms with Crippen LogP contribution in [0.25, 0.3) is 11.0 Å². The number of hydrogen-bond acceptors (Lipinski definition) is 2. The summed E-state index contributed by atoms with van der Waals surface area (Å²) >= 11 is 0. The van der Waals surface area contributed by atoms with E-state index in [2.05, 4.69) is 19.6 Å². The van der Waals surface area contributed by atoms with Gasteiger partial charge in [0.1, 0.15) is 11.3 Å². The van der Waals surface area contributed by atoms with Crippen molar-refractivity contribution in [3.05, 3.63) is 48.2 Å². The highest BCUT2D eigenvalue weighted by atomic mass is 16.3. The van der Waals surface area contributed by atoms with Crippen molar-refractivity contribution in [1.82, 2.24) is 4.90 Å². The Labute approximate surface area is 107 Å². The van der Waals surface area contributed by atoms with Crippen molar-refractivity contribution in [2.24, 2.45) is 0 Å². The van der Waals surface area contributed by atoms with Crippen molar-refractivity contribution in [3.8, 4) is 0 Å². The minimum Gasteiger partial charge on any atom is -0.459 e. The number of likely N-dealkylation sites (N-methyl/N-ethyl adjacent to an activating group) is 1. The zero-order chi connectivity index (χ0) is 13.1. The van der Waals surface area contributed by atoms with Crippen LogP contribution >= 0.6 is 0 Å². The first kappa shape index (κ1) is 12.4. The monoisotopic (exact) mass is 243 g/mol. The number of furan rings is 1. The Morgan fingerprint density at radius 3 is 2.83 bits per heavy atom. The number of amides is 1. The van der Waals surface area contributed by atoms with E-state index in [1.807, 2.05) is 18.2 Å². The second-order valence-corrected chi connectivity index (χ2v) is 4.25. The van der Waals surface area contributed by atoms with Crippen molar-refractivity contribution in [2.75, 3.05) is 7.05 Å². The van der Waals surface area contributed by atoms with E-state index in [9.17, 15) is 4.79 Å². The summed E-state index contributed by atoms with van der Waals surface area (Å²) < 4.78 is 5.83. The molecule has 0 saturated heterocycles. The van der Waals surface area contributed by atoms with E-state index in [4.69, 9.17) is 4.42 Å². The number of para-hydroxylation sites is 1. The van der Waals surface area contributed by atoms with Crippen molar-refractivity contribution < 1.29 is 9.21 Å². The lowest BCUT2D eigenvalue weighted by Crippen LogP contribution is -2.24. The summed E-state index contributed by atoms with van der Waals surface area (Å²) in [5, 5.41) is 1.13. The Morgan fingerprint density at radius 1 is 1.44 bits per heavy atom. The fraction of sp³-hybridized carbons (Fsp3) is 0.267. The van der Waals surface area contributed by atoms with Gasteiger partial charge in [-0.3, -0.25) is 4.79 Å². The van der Waals surface area contributed by atoms with Gasteiger partial charge in [-0.2, -0.15) is 0 Å². The van der Waals surface area contributed by atoms with Gasteiger partial charge in [-0.1, -0.05) is 31.7 Å². The standard InChI is InChI=1S/C15H17NO2/c1-4-11-12-8-6-7-9-13(12)18-14(11)10-16(3)15(17)5-2/h5-9H,2,4,10H2,1,3H3. The number of hydrogen-bond donors (Lipinski definition) is 0. The van der Waals surface area contributed by atoms with Crippen molar-refractivity contribution in [3.63, 3.8) is 0 Å². The van der Waals surface area contributed by atoms with Crippen LogP contribution in [0, 0.1) is 0 Å². The Balaban J connectivity index is 2.38. The van der Waals surface area contributed by atoms with Gasteiger partial charge < -0.3 is 9.32 Å². The largest absolute Gasteiger partial charge is 0.459 e. The molecule has 2 rings (SSSR count). The third-order valence-corrected chi connectivity index (χ3v) is 3.07. The summed E-state index contributed by atoms with van der Waals surface area (Å²) in [5.41, 5.74) is 2.05. The molecule has 0 bridgehead atoms. The van der Waals surface area contributed by atoms with Gasteiger partial charge in [0, 0.05) is 18.0 Å². The molecular formula is C15H17NO2. The first-order valence-electron chi connectivity index (χ1n) is 6.04. The summed E-state index contributed by atoms with van der Waals surface area (Å²) in [6.07, 6.45) is 2.21. The van der Waals surface area contributed by atoms with Crippen molar-refractivity contribution in [2.45, 2.75) is 19.9 Å². The van der Waals surface area contributed by atoms with Gasteiger partial charge in [0.2, 0.25) is 5.91 Å². The summed E-state index contributed by atoms with van der Waals surface area (Å²) in [4.78, 5) is 13.1. The van der Waals surface area contributed by atoms with Crippen LogP contribution in [0.5, 0.6) is 0 Å². The fourth-order valence-corrected chi connectivity index (χ4v) is 2.11. The lowest BCUT2D eigenvalue weighted by Gasteiger charge is -2.13. The third-order valence-electron chi connectivity index (χ3n) is 3.07. The Morgan fingerprint density at radius 2 is 2.17 bits per heavy atom. The van der Waals surface area contributed by atoms with E-state index in [0.717, 1.165) is 23.2 Å². The van der Waals surface area contributed by atoms with Crippen LogP contribution in [0.1, 0.15) is 18.2 Å². The van der Waals surface area contributed by atoms with Crippen molar-refractivity contribution in [1.29, 1.82) is 0 Å². The Hall–Kier alpha value is -2.03. The zero-order valence-electron chi connectivity index (χ0n) is 10.8. The average molecular weight is 243 g/mol. The van der Waals surface area contributed by atoms with Crippen LogP contribution in [0.4, 0.5) is 0 Å². The highest BCUT2D eigenvalue weighted by Crippen LogP contribution is 2.27. The van der Waals surface area contributed by atoms with Crippen LogP contribution in [-0.4, -0.2) is 17.9 Å². The highest BCUT2D eigenvalue weighted by Gasteiger charge is 2.15. The Bertz CT molecular complexity index is 583. The number of fused-ring (bicyclic) bond motifs is 1. The van der Waals surface area contributed by atoms with E-state index in [1.165, 1.54) is 11.6 Å². The molecule has 3 heteroatoms. The molecule has 0 saturated carbocycles. The number of benzene rings is 1. The SMILES string of the molecule is C=CC(=O)N(C)Cc1oc2ccccc2c1CC. The van der Waals surface area contributed by atoms with Crippen LogP contribution in [0.3, 0.4) is 0 Å². The average Bonchev–Trinajstić information content (AvgIpc) is 2.74. The van der Waals surface area contributed by atoms with Gasteiger partial charge >= 0.3 is 0 Å². The van der Waals surface area contributed by atoms with Gasteiger partial charge in [0.15, 0.2) is 0 Å². The lowest BCUT2D eigenvalue weighted by molar-refractivity contribution is -0.125. The molecule has 1 aromatic heterocycles. The molecule has 1 amide bonds. The van der Waals surface area contributed by atoms with Gasteiger partial charge in [0.05, 0.1) is 6.54 Å². The molecule has 1 heterocycles. The summed E-state index contributed by atoms with van der Waals surface area (Å²) in [7, 11) is 1.75. The van der Waals surface area contributed by atoms with Crippen molar-refractivity contribution >= 4 is 16.9 Å². The fourth-order valence-electron chi connectivity index (χ4n) is 2.11. The summed E-state index contributed by atoms with van der Waals surface area (Å²) in [5.74, 6) is 0.758. The molecule has 0 fully saturated rings. The van der Waals surface area contributed by atoms with E-state index < -0.39 is 0 Å². The maximum absolute atomic E-state index is 11.5. The minimum atomic E-state index is -0.0995. The predicted octanol–water partition coefficient (Wildman–Crippen LogP) is 3.14. The molecular weight excluding hydrogens is 226 g/mol. The van der Waals surface area contributed by atoms with Gasteiger partial charge in [-0.15, -0.1) is 0 Å². The van der Waals surface area contributed by atoms with Gasteiger partial charge in [0.25, 0.3) is 0 Å². The Kier molecular flexibility index (Phi) is 3.51. The van der Waals surface area contributed by atoms with E-state index in [0.29, 0.717) is 6.54 Å². The first-order valence-corrected chi connectivity index (χ1v) is 6.04. The maximum atomic E-state index is 11.5. The minimum absolute atomic E-state index is 0.0995. The van der Waals surface area contributed by atoms with Gasteiger partial charge in [-0.05, 0) is 18.6 Å². The number of rotatable bonds is 4. The number of nitrogens with zero attached hydrogens (tertiary/aromatic N) is 1.